The van der Waals surface area contributed by atoms with Crippen LogP contribution in [-0.2, 0) is 4.79 Å². The molecule has 3 rings (SSSR count). The Morgan fingerprint density at radius 1 is 1.00 bits per heavy atom. The van der Waals surface area contributed by atoms with E-state index in [1.54, 1.807) is 29.2 Å². The van der Waals surface area contributed by atoms with Crippen molar-refractivity contribution in [3.05, 3.63) is 64.2 Å². The van der Waals surface area contributed by atoms with E-state index in [1.165, 1.54) is 16.8 Å². The highest BCUT2D eigenvalue weighted by atomic mass is 35.5. The average Bonchev–Trinajstić information content (AvgIpc) is 2.68. The molecule has 2 amide bonds. The van der Waals surface area contributed by atoms with E-state index < -0.39 is 0 Å². The number of anilines is 1. The molecule has 0 radical (unpaired) electrons. The Bertz CT molecular complexity index is 845. The summed E-state index contributed by atoms with van der Waals surface area (Å²) in [5.74, 6) is -0.404. The molecule has 142 valence electrons. The Labute approximate surface area is 164 Å². The zero-order valence-corrected chi connectivity index (χ0v) is 16.4. The zero-order chi connectivity index (χ0) is 19.4. The van der Waals surface area contributed by atoms with Gasteiger partial charge in [-0.25, -0.2) is 0 Å². The standard InChI is InChI=1S/C21H24ClN3O2/c1-15-6-5-9-19(16(15)2)24-10-12-25(13-11-24)20(26)14-23-21(27)17-7-3-4-8-18(17)22/h3-9H,10-14H2,1-2H3,(H,23,27). The lowest BCUT2D eigenvalue weighted by atomic mass is 10.1. The van der Waals surface area contributed by atoms with Crippen LogP contribution in [0, 0.1) is 13.8 Å². The van der Waals surface area contributed by atoms with E-state index in [0.29, 0.717) is 23.7 Å². The van der Waals surface area contributed by atoms with Gasteiger partial charge in [0.2, 0.25) is 5.91 Å². The minimum atomic E-state index is -0.331. The Morgan fingerprint density at radius 3 is 2.41 bits per heavy atom. The van der Waals surface area contributed by atoms with Crippen LogP contribution in [0.4, 0.5) is 5.69 Å². The van der Waals surface area contributed by atoms with Crippen LogP contribution in [0.5, 0.6) is 0 Å². The summed E-state index contributed by atoms with van der Waals surface area (Å²) in [6, 6.07) is 13.1. The molecule has 1 saturated heterocycles. The molecule has 1 N–H and O–H groups in total. The third kappa shape index (κ3) is 4.42. The summed E-state index contributed by atoms with van der Waals surface area (Å²) in [5.41, 5.74) is 4.17. The average molecular weight is 386 g/mol. The summed E-state index contributed by atoms with van der Waals surface area (Å²) < 4.78 is 0. The van der Waals surface area contributed by atoms with Gasteiger partial charge in [-0.3, -0.25) is 9.59 Å². The number of rotatable bonds is 4. The second-order valence-electron chi connectivity index (χ2n) is 6.75. The maximum atomic E-state index is 12.4. The molecule has 27 heavy (non-hydrogen) atoms. The van der Waals surface area contributed by atoms with Gasteiger partial charge in [0.05, 0.1) is 17.1 Å². The summed E-state index contributed by atoms with van der Waals surface area (Å²) in [7, 11) is 0. The molecule has 0 atom stereocenters. The molecule has 0 bridgehead atoms. The van der Waals surface area contributed by atoms with E-state index in [0.717, 1.165) is 13.1 Å². The molecule has 0 aliphatic carbocycles. The molecule has 0 spiro atoms. The van der Waals surface area contributed by atoms with Gasteiger partial charge in [0.15, 0.2) is 0 Å². The van der Waals surface area contributed by atoms with Gasteiger partial charge < -0.3 is 15.1 Å². The fourth-order valence-electron chi connectivity index (χ4n) is 3.28. The lowest BCUT2D eigenvalue weighted by molar-refractivity contribution is -0.130. The largest absolute Gasteiger partial charge is 0.368 e. The molecule has 5 nitrogen and oxygen atoms in total. The molecule has 2 aromatic rings. The predicted molar refractivity (Wildman–Crippen MR) is 108 cm³/mol. The van der Waals surface area contributed by atoms with Crippen molar-refractivity contribution in [1.29, 1.82) is 0 Å². The van der Waals surface area contributed by atoms with Crippen LogP contribution in [0.2, 0.25) is 5.02 Å². The third-order valence-corrected chi connectivity index (χ3v) is 5.40. The molecule has 0 aromatic heterocycles. The van der Waals surface area contributed by atoms with Gasteiger partial charge >= 0.3 is 0 Å². The lowest BCUT2D eigenvalue weighted by Gasteiger charge is -2.37. The minimum Gasteiger partial charge on any atom is -0.368 e. The van der Waals surface area contributed by atoms with Crippen LogP contribution in [0.3, 0.4) is 0 Å². The minimum absolute atomic E-state index is 0.0203. The van der Waals surface area contributed by atoms with Crippen LogP contribution < -0.4 is 10.2 Å². The first-order valence-corrected chi connectivity index (χ1v) is 9.47. The summed E-state index contributed by atoms with van der Waals surface area (Å²) in [6.45, 7) is 7.09. The fraction of sp³-hybridized carbons (Fsp3) is 0.333. The van der Waals surface area contributed by atoms with Gasteiger partial charge in [0.1, 0.15) is 0 Å². The molecule has 2 aromatic carbocycles. The van der Waals surface area contributed by atoms with E-state index in [2.05, 4.69) is 42.3 Å². The number of benzene rings is 2. The van der Waals surface area contributed by atoms with Gasteiger partial charge in [0.25, 0.3) is 5.91 Å². The molecular formula is C21H24ClN3O2. The second kappa shape index (κ2) is 8.44. The van der Waals surface area contributed by atoms with Gasteiger partial charge in [-0.1, -0.05) is 35.9 Å². The van der Waals surface area contributed by atoms with Crippen LogP contribution >= 0.6 is 11.6 Å². The maximum Gasteiger partial charge on any atom is 0.253 e. The van der Waals surface area contributed by atoms with E-state index in [-0.39, 0.29) is 18.4 Å². The smallest absolute Gasteiger partial charge is 0.253 e. The fourth-order valence-corrected chi connectivity index (χ4v) is 3.50. The van der Waals surface area contributed by atoms with Crippen LogP contribution in [0.25, 0.3) is 0 Å². The van der Waals surface area contributed by atoms with Gasteiger partial charge in [-0.2, -0.15) is 0 Å². The van der Waals surface area contributed by atoms with Crippen molar-refractivity contribution in [2.45, 2.75) is 13.8 Å². The van der Waals surface area contributed by atoms with E-state index in [4.69, 9.17) is 11.6 Å². The Morgan fingerprint density at radius 2 is 1.70 bits per heavy atom. The first-order chi connectivity index (χ1) is 13.0. The molecule has 6 heteroatoms. The maximum absolute atomic E-state index is 12.4. The first-order valence-electron chi connectivity index (χ1n) is 9.09. The Hall–Kier alpha value is -2.53. The number of hydrogen-bond acceptors (Lipinski definition) is 3. The van der Waals surface area contributed by atoms with Crippen LogP contribution in [0.1, 0.15) is 21.5 Å². The van der Waals surface area contributed by atoms with Crippen molar-refractivity contribution in [2.75, 3.05) is 37.6 Å². The predicted octanol–water partition coefficient (Wildman–Crippen LogP) is 3.04. The molecule has 1 heterocycles. The monoisotopic (exact) mass is 385 g/mol. The Kier molecular flexibility index (Phi) is 6.01. The topological polar surface area (TPSA) is 52.6 Å². The van der Waals surface area contributed by atoms with Gasteiger partial charge in [-0.05, 0) is 43.2 Å². The normalized spacial score (nSPS) is 14.2. The van der Waals surface area contributed by atoms with E-state index >= 15 is 0 Å². The lowest BCUT2D eigenvalue weighted by Crippen LogP contribution is -2.51. The number of nitrogens with one attached hydrogen (secondary N) is 1. The molecule has 1 aliphatic rings. The van der Waals surface area contributed by atoms with Crippen LogP contribution in [-0.4, -0.2) is 49.4 Å². The third-order valence-electron chi connectivity index (χ3n) is 5.07. The van der Waals surface area contributed by atoms with Gasteiger partial charge in [0, 0.05) is 31.9 Å². The summed E-state index contributed by atoms with van der Waals surface area (Å²) in [4.78, 5) is 28.7. The zero-order valence-electron chi connectivity index (χ0n) is 15.7. The first kappa shape index (κ1) is 19.2. The highest BCUT2D eigenvalue weighted by Gasteiger charge is 2.22. The van der Waals surface area contributed by atoms with E-state index in [1.807, 2.05) is 0 Å². The highest BCUT2D eigenvalue weighted by molar-refractivity contribution is 6.33. The number of nitrogens with zero attached hydrogens (tertiary/aromatic N) is 2. The molecule has 0 saturated carbocycles. The molecule has 1 aliphatic heterocycles. The van der Waals surface area contributed by atoms with Crippen molar-refractivity contribution in [3.8, 4) is 0 Å². The van der Waals surface area contributed by atoms with Crippen molar-refractivity contribution >= 4 is 29.1 Å². The number of carbonyl (C=O) groups excluding carboxylic acids is 2. The Balaban J connectivity index is 1.52. The number of carbonyl (C=O) groups is 2. The molecule has 1 fully saturated rings. The summed E-state index contributed by atoms with van der Waals surface area (Å²) in [6.07, 6.45) is 0. The van der Waals surface area contributed by atoms with Crippen molar-refractivity contribution in [2.24, 2.45) is 0 Å². The van der Waals surface area contributed by atoms with Crippen molar-refractivity contribution < 1.29 is 9.59 Å². The SMILES string of the molecule is Cc1cccc(N2CCN(C(=O)CNC(=O)c3ccccc3Cl)CC2)c1C. The van der Waals surface area contributed by atoms with Gasteiger partial charge in [-0.15, -0.1) is 0 Å². The van der Waals surface area contributed by atoms with Crippen molar-refractivity contribution in [1.82, 2.24) is 10.2 Å². The molecule has 0 unspecified atom stereocenters. The number of piperazine rings is 1. The van der Waals surface area contributed by atoms with E-state index in [9.17, 15) is 9.59 Å². The molecular weight excluding hydrogens is 362 g/mol. The number of aryl methyl sites for hydroxylation is 1. The number of halogens is 1. The summed E-state index contributed by atoms with van der Waals surface area (Å²) >= 11 is 6.02. The van der Waals surface area contributed by atoms with Crippen molar-refractivity contribution in [3.63, 3.8) is 0 Å². The van der Waals surface area contributed by atoms with Crippen LogP contribution in [0.15, 0.2) is 42.5 Å². The number of amides is 2. The second-order valence-corrected chi connectivity index (χ2v) is 7.16. The number of hydrogen-bond donors (Lipinski definition) is 1. The highest BCUT2D eigenvalue weighted by Crippen LogP contribution is 2.23. The quantitative estimate of drug-likeness (QED) is 0.880. The summed E-state index contributed by atoms with van der Waals surface area (Å²) in [5, 5.41) is 3.05.